The van der Waals surface area contributed by atoms with Gasteiger partial charge in [0.2, 0.25) is 0 Å². The lowest BCUT2D eigenvalue weighted by molar-refractivity contribution is 1.28. The molecule has 0 saturated heterocycles. The van der Waals surface area contributed by atoms with E-state index in [0.29, 0.717) is 0 Å². The molecule has 2 heterocycles. The minimum Gasteiger partial charge on any atom is -0.311 e. The van der Waals surface area contributed by atoms with Crippen LogP contribution in [0.1, 0.15) is 0 Å². The van der Waals surface area contributed by atoms with E-state index in [1.165, 1.54) is 60.0 Å². The average molecular weight is 657 g/mol. The van der Waals surface area contributed by atoms with Crippen LogP contribution in [0.25, 0.3) is 64.8 Å². The van der Waals surface area contributed by atoms with Gasteiger partial charge in [0.15, 0.2) is 0 Å². The molecule has 9 aromatic rings. The van der Waals surface area contributed by atoms with Gasteiger partial charge in [0, 0.05) is 38.7 Å². The summed E-state index contributed by atoms with van der Waals surface area (Å²) in [5.74, 6) is 0. The fourth-order valence-electron chi connectivity index (χ4n) is 6.79. The SMILES string of the molecule is c1ccc(-c2ccc(N(c3ccc(-c4ccccc4)cc3)c3ccc(-c4cccc(-c5ccc6sc7ncccc7c6c5)c4)cc3)cc2)cc1. The number of rotatable bonds is 7. The molecular weight excluding hydrogens is 625 g/mol. The first-order valence-corrected chi connectivity index (χ1v) is 17.7. The number of thiophene rings is 1. The Bertz CT molecular complexity index is 2470. The number of pyridine rings is 1. The summed E-state index contributed by atoms with van der Waals surface area (Å²) in [5.41, 5.74) is 12.9. The summed E-state index contributed by atoms with van der Waals surface area (Å²) in [7, 11) is 0. The predicted octanol–water partition coefficient (Wildman–Crippen LogP) is 13.6. The van der Waals surface area contributed by atoms with E-state index in [2.05, 4.69) is 192 Å². The summed E-state index contributed by atoms with van der Waals surface area (Å²) >= 11 is 1.75. The molecule has 0 aliphatic carbocycles. The second-order valence-corrected chi connectivity index (χ2v) is 13.5. The number of nitrogens with zero attached hydrogens (tertiary/aromatic N) is 2. The summed E-state index contributed by atoms with van der Waals surface area (Å²) in [6, 6.07) is 67.5. The maximum atomic E-state index is 4.58. The molecule has 3 heteroatoms. The number of benzene rings is 7. The molecule has 0 radical (unpaired) electrons. The van der Waals surface area contributed by atoms with Crippen LogP contribution in [-0.4, -0.2) is 4.98 Å². The predicted molar refractivity (Wildman–Crippen MR) is 214 cm³/mol. The number of anilines is 3. The van der Waals surface area contributed by atoms with Crippen LogP contribution in [0.4, 0.5) is 17.1 Å². The van der Waals surface area contributed by atoms with Crippen molar-refractivity contribution in [2.45, 2.75) is 0 Å². The summed E-state index contributed by atoms with van der Waals surface area (Å²) in [6.07, 6.45) is 1.87. The number of hydrogen-bond acceptors (Lipinski definition) is 3. The zero-order chi connectivity index (χ0) is 33.3. The first-order valence-electron chi connectivity index (χ1n) is 16.9. The van der Waals surface area contributed by atoms with Gasteiger partial charge in [0.05, 0.1) is 0 Å². The van der Waals surface area contributed by atoms with Gasteiger partial charge in [-0.1, -0.05) is 121 Å². The fourth-order valence-corrected chi connectivity index (χ4v) is 7.81. The third-order valence-electron chi connectivity index (χ3n) is 9.37. The Morgan fingerprint density at radius 1 is 0.340 bits per heavy atom. The Balaban J connectivity index is 1.06. The van der Waals surface area contributed by atoms with E-state index in [-0.39, 0.29) is 0 Å². The van der Waals surface area contributed by atoms with E-state index in [1.54, 1.807) is 11.3 Å². The molecule has 0 saturated carbocycles. The average Bonchev–Trinajstić information content (AvgIpc) is 3.58. The molecule has 236 valence electrons. The second-order valence-electron chi connectivity index (χ2n) is 12.5. The molecule has 0 aliphatic rings. The van der Waals surface area contributed by atoms with Crippen molar-refractivity contribution in [1.82, 2.24) is 4.98 Å². The lowest BCUT2D eigenvalue weighted by Crippen LogP contribution is -2.09. The minimum absolute atomic E-state index is 1.09. The molecule has 0 atom stereocenters. The lowest BCUT2D eigenvalue weighted by atomic mass is 9.98. The Hall–Kier alpha value is -6.29. The fraction of sp³-hybridized carbons (Fsp3) is 0. The van der Waals surface area contributed by atoms with E-state index < -0.39 is 0 Å². The minimum atomic E-state index is 1.09. The van der Waals surface area contributed by atoms with Crippen molar-refractivity contribution in [3.63, 3.8) is 0 Å². The monoisotopic (exact) mass is 656 g/mol. The number of aromatic nitrogens is 1. The van der Waals surface area contributed by atoms with Gasteiger partial charge >= 0.3 is 0 Å². The van der Waals surface area contributed by atoms with Gasteiger partial charge in [-0.05, 0) is 111 Å². The van der Waals surface area contributed by atoms with Crippen LogP contribution in [0, 0.1) is 0 Å². The summed E-state index contributed by atoms with van der Waals surface area (Å²) in [5, 5.41) is 2.48. The summed E-state index contributed by atoms with van der Waals surface area (Å²) in [4.78, 5) is 8.00. The Morgan fingerprint density at radius 2 is 0.780 bits per heavy atom. The van der Waals surface area contributed by atoms with Gasteiger partial charge < -0.3 is 4.90 Å². The van der Waals surface area contributed by atoms with Crippen LogP contribution in [0.3, 0.4) is 0 Å². The molecule has 9 rings (SSSR count). The van der Waals surface area contributed by atoms with Crippen molar-refractivity contribution < 1.29 is 0 Å². The van der Waals surface area contributed by atoms with Crippen LogP contribution < -0.4 is 4.90 Å². The van der Waals surface area contributed by atoms with Gasteiger partial charge in [0.1, 0.15) is 4.83 Å². The van der Waals surface area contributed by atoms with Crippen LogP contribution in [0.15, 0.2) is 194 Å². The highest BCUT2D eigenvalue weighted by molar-refractivity contribution is 7.25. The summed E-state index contributed by atoms with van der Waals surface area (Å²) in [6.45, 7) is 0. The van der Waals surface area contributed by atoms with Crippen molar-refractivity contribution in [3.8, 4) is 44.5 Å². The Labute approximate surface area is 296 Å². The van der Waals surface area contributed by atoms with E-state index in [4.69, 9.17) is 0 Å². The number of hydrogen-bond donors (Lipinski definition) is 0. The third-order valence-corrected chi connectivity index (χ3v) is 10.5. The van der Waals surface area contributed by atoms with Crippen molar-refractivity contribution in [2.75, 3.05) is 4.90 Å². The molecule has 0 unspecified atom stereocenters. The Kier molecular flexibility index (Phi) is 7.73. The quantitative estimate of drug-likeness (QED) is 0.170. The van der Waals surface area contributed by atoms with E-state index in [0.717, 1.165) is 21.9 Å². The third kappa shape index (κ3) is 5.74. The van der Waals surface area contributed by atoms with Crippen LogP contribution in [-0.2, 0) is 0 Å². The molecule has 2 nitrogen and oxygen atoms in total. The first kappa shape index (κ1) is 29.8. The zero-order valence-electron chi connectivity index (χ0n) is 27.3. The largest absolute Gasteiger partial charge is 0.311 e. The van der Waals surface area contributed by atoms with Crippen LogP contribution in [0.5, 0.6) is 0 Å². The second kappa shape index (κ2) is 13.0. The van der Waals surface area contributed by atoms with Crippen molar-refractivity contribution in [1.29, 1.82) is 0 Å². The molecule has 0 amide bonds. The van der Waals surface area contributed by atoms with Gasteiger partial charge in [-0.15, -0.1) is 11.3 Å². The maximum Gasteiger partial charge on any atom is 0.124 e. The molecule has 7 aromatic carbocycles. The zero-order valence-corrected chi connectivity index (χ0v) is 28.1. The smallest absolute Gasteiger partial charge is 0.124 e. The molecular formula is C47H32N2S. The standard InChI is InChI=1S/C47H32N2S/c1-3-9-33(10-4-1)35-16-23-41(24-17-35)49(42-25-18-36(19-26-42)34-11-5-2-6-12-34)43-27-20-37(21-28-43)38-13-7-14-39(31-38)40-22-29-46-45(32-40)44-15-8-30-48-47(44)50-46/h1-32H. The van der Waals surface area contributed by atoms with Crippen molar-refractivity contribution in [2.24, 2.45) is 0 Å². The molecule has 50 heavy (non-hydrogen) atoms. The number of fused-ring (bicyclic) bond motifs is 3. The Morgan fingerprint density at radius 3 is 1.34 bits per heavy atom. The van der Waals surface area contributed by atoms with Crippen LogP contribution in [0.2, 0.25) is 0 Å². The van der Waals surface area contributed by atoms with Gasteiger partial charge in [-0.3, -0.25) is 0 Å². The van der Waals surface area contributed by atoms with Gasteiger partial charge in [-0.2, -0.15) is 0 Å². The highest BCUT2D eigenvalue weighted by Gasteiger charge is 2.14. The van der Waals surface area contributed by atoms with Crippen molar-refractivity contribution in [3.05, 3.63) is 194 Å². The summed E-state index contributed by atoms with van der Waals surface area (Å²) < 4.78 is 1.27. The van der Waals surface area contributed by atoms with Gasteiger partial charge in [0.25, 0.3) is 0 Å². The molecule has 0 bridgehead atoms. The highest BCUT2D eigenvalue weighted by Crippen LogP contribution is 2.39. The van der Waals surface area contributed by atoms with E-state index in [9.17, 15) is 0 Å². The lowest BCUT2D eigenvalue weighted by Gasteiger charge is -2.26. The van der Waals surface area contributed by atoms with Gasteiger partial charge in [-0.25, -0.2) is 4.98 Å². The normalized spacial score (nSPS) is 11.2. The molecule has 0 fully saturated rings. The maximum absolute atomic E-state index is 4.58. The first-order chi connectivity index (χ1) is 24.8. The molecule has 0 spiro atoms. The molecule has 0 N–H and O–H groups in total. The topological polar surface area (TPSA) is 16.1 Å². The van der Waals surface area contributed by atoms with Crippen molar-refractivity contribution >= 4 is 48.7 Å². The van der Waals surface area contributed by atoms with E-state index >= 15 is 0 Å². The molecule has 0 aliphatic heterocycles. The molecule has 2 aromatic heterocycles. The van der Waals surface area contributed by atoms with Crippen LogP contribution >= 0.6 is 11.3 Å². The van der Waals surface area contributed by atoms with E-state index in [1.807, 2.05) is 12.3 Å². The highest BCUT2D eigenvalue weighted by atomic mass is 32.1.